The summed E-state index contributed by atoms with van der Waals surface area (Å²) in [6, 6.07) is 0. The number of likely N-dealkylation sites (tertiary alicyclic amines) is 1. The Morgan fingerprint density at radius 2 is 2.00 bits per heavy atom. The molecule has 4 nitrogen and oxygen atoms in total. The Kier molecular flexibility index (Phi) is 4.06. The van der Waals surface area contributed by atoms with Crippen molar-refractivity contribution in [1.29, 1.82) is 0 Å². The molecule has 2 saturated heterocycles. The van der Waals surface area contributed by atoms with E-state index in [4.69, 9.17) is 0 Å². The van der Waals surface area contributed by atoms with Gasteiger partial charge in [-0.05, 0) is 31.8 Å². The lowest BCUT2D eigenvalue weighted by molar-refractivity contribution is -0.253. The molecule has 0 aliphatic carbocycles. The molecule has 0 spiro atoms. The summed E-state index contributed by atoms with van der Waals surface area (Å²) >= 11 is 0. The molecule has 2 N–H and O–H groups in total. The van der Waals surface area contributed by atoms with Gasteiger partial charge in [0.05, 0.1) is 6.54 Å². The number of aliphatic hydroxyl groups is 1. The van der Waals surface area contributed by atoms with Crippen molar-refractivity contribution in [1.82, 2.24) is 10.2 Å². The Hall–Kier alpha value is -0.820. The number of β-amino-alcohol motifs (C(OH)–C–C–N with tert-alkyl or cyclic N) is 1. The summed E-state index contributed by atoms with van der Waals surface area (Å²) in [5.74, 6) is -0.0274. The molecule has 1 atom stereocenters. The van der Waals surface area contributed by atoms with Gasteiger partial charge in [-0.2, -0.15) is 13.2 Å². The summed E-state index contributed by atoms with van der Waals surface area (Å²) in [6.07, 6.45) is -3.05. The maximum Gasteiger partial charge on any atom is 0.419 e. The highest BCUT2D eigenvalue weighted by atomic mass is 19.4. The van der Waals surface area contributed by atoms with Crippen LogP contribution in [-0.2, 0) is 4.79 Å². The van der Waals surface area contributed by atoms with Crippen molar-refractivity contribution in [3.63, 3.8) is 0 Å². The highest BCUT2D eigenvalue weighted by Crippen LogP contribution is 2.38. The molecular formula is C12H19F3N2O2. The fraction of sp³-hybridized carbons (Fsp3) is 0.917. The second-order valence-electron chi connectivity index (χ2n) is 5.49. The second kappa shape index (κ2) is 5.28. The van der Waals surface area contributed by atoms with Crippen LogP contribution in [0.3, 0.4) is 0 Å². The summed E-state index contributed by atoms with van der Waals surface area (Å²) in [7, 11) is 0. The van der Waals surface area contributed by atoms with Crippen LogP contribution in [0.4, 0.5) is 13.2 Å². The number of amides is 1. The minimum Gasteiger partial charge on any atom is -0.379 e. The van der Waals surface area contributed by atoms with Gasteiger partial charge in [0.25, 0.3) is 0 Å². The van der Waals surface area contributed by atoms with Gasteiger partial charge in [0.2, 0.25) is 5.91 Å². The van der Waals surface area contributed by atoms with Gasteiger partial charge in [0.15, 0.2) is 5.60 Å². The molecule has 0 radical (unpaired) electrons. The third-order valence-electron chi connectivity index (χ3n) is 4.05. The average molecular weight is 280 g/mol. The molecule has 19 heavy (non-hydrogen) atoms. The van der Waals surface area contributed by atoms with E-state index in [1.807, 2.05) is 0 Å². The first-order chi connectivity index (χ1) is 8.82. The number of carbonyl (C=O) groups is 1. The van der Waals surface area contributed by atoms with Crippen LogP contribution in [0, 0.1) is 5.92 Å². The van der Waals surface area contributed by atoms with Crippen molar-refractivity contribution in [2.45, 2.75) is 37.5 Å². The van der Waals surface area contributed by atoms with Crippen molar-refractivity contribution < 1.29 is 23.1 Å². The van der Waals surface area contributed by atoms with Crippen LogP contribution in [0.25, 0.3) is 0 Å². The summed E-state index contributed by atoms with van der Waals surface area (Å²) in [5.41, 5.74) is -2.73. The van der Waals surface area contributed by atoms with Gasteiger partial charge < -0.3 is 15.3 Å². The molecule has 1 amide bonds. The molecule has 110 valence electrons. The third-order valence-corrected chi connectivity index (χ3v) is 4.05. The predicted octanol–water partition coefficient (Wildman–Crippen LogP) is 0.902. The molecule has 2 fully saturated rings. The zero-order chi connectivity index (χ0) is 14.1. The van der Waals surface area contributed by atoms with Gasteiger partial charge in [-0.1, -0.05) is 0 Å². The lowest BCUT2D eigenvalue weighted by Gasteiger charge is -2.27. The quantitative estimate of drug-likeness (QED) is 0.790. The summed E-state index contributed by atoms with van der Waals surface area (Å²) in [4.78, 5) is 13.1. The van der Waals surface area contributed by atoms with Gasteiger partial charge in [-0.25, -0.2) is 0 Å². The largest absolute Gasteiger partial charge is 0.419 e. The van der Waals surface area contributed by atoms with Gasteiger partial charge in [0, 0.05) is 19.4 Å². The highest BCUT2D eigenvalue weighted by Gasteiger charge is 2.57. The second-order valence-corrected chi connectivity index (χ2v) is 5.49. The number of nitrogens with zero attached hydrogens (tertiary/aromatic N) is 1. The van der Waals surface area contributed by atoms with Crippen LogP contribution in [0.5, 0.6) is 0 Å². The Bertz CT molecular complexity index is 342. The number of hydrogen-bond donors (Lipinski definition) is 2. The fourth-order valence-electron chi connectivity index (χ4n) is 2.70. The van der Waals surface area contributed by atoms with Crippen LogP contribution < -0.4 is 5.32 Å². The first-order valence-corrected chi connectivity index (χ1v) is 6.59. The van der Waals surface area contributed by atoms with Crippen molar-refractivity contribution in [2.24, 2.45) is 5.92 Å². The molecule has 2 aliphatic rings. The number of carbonyl (C=O) groups excluding carboxylic acids is 1. The summed E-state index contributed by atoms with van der Waals surface area (Å²) in [5, 5.41) is 12.7. The predicted molar refractivity (Wildman–Crippen MR) is 62.4 cm³/mol. The van der Waals surface area contributed by atoms with Crippen molar-refractivity contribution >= 4 is 5.91 Å². The van der Waals surface area contributed by atoms with Crippen LogP contribution >= 0.6 is 0 Å². The van der Waals surface area contributed by atoms with E-state index in [2.05, 4.69) is 5.32 Å². The number of nitrogens with one attached hydrogen (secondary N) is 1. The standard InChI is InChI=1S/C12H19F3N2O2/c13-12(14,15)11(19)3-6-17(8-11)10(18)7-9-1-4-16-5-2-9/h9,16,19H,1-8H2. The maximum absolute atomic E-state index is 12.6. The van der Waals surface area contributed by atoms with Gasteiger partial charge in [0.1, 0.15) is 0 Å². The van der Waals surface area contributed by atoms with Crippen molar-refractivity contribution in [3.05, 3.63) is 0 Å². The van der Waals surface area contributed by atoms with E-state index in [0.717, 1.165) is 30.8 Å². The smallest absolute Gasteiger partial charge is 0.379 e. The minimum absolute atomic E-state index is 0.0141. The Labute approximate surface area is 110 Å². The average Bonchev–Trinajstić information content (AvgIpc) is 2.74. The molecule has 0 aromatic heterocycles. The zero-order valence-electron chi connectivity index (χ0n) is 10.7. The lowest BCUT2D eigenvalue weighted by atomic mass is 9.94. The first-order valence-electron chi connectivity index (χ1n) is 6.59. The molecular weight excluding hydrogens is 261 g/mol. The molecule has 0 aromatic carbocycles. The van der Waals surface area contributed by atoms with Crippen LogP contribution in [0.2, 0.25) is 0 Å². The van der Waals surface area contributed by atoms with E-state index in [0.29, 0.717) is 0 Å². The summed E-state index contributed by atoms with van der Waals surface area (Å²) in [6.45, 7) is 1.06. The molecule has 0 bridgehead atoms. The number of halogens is 3. The minimum atomic E-state index is -4.67. The molecule has 0 aromatic rings. The molecule has 7 heteroatoms. The van der Waals surface area contributed by atoms with Gasteiger partial charge in [-0.3, -0.25) is 4.79 Å². The van der Waals surface area contributed by atoms with Crippen molar-refractivity contribution in [3.8, 4) is 0 Å². The Morgan fingerprint density at radius 3 is 2.53 bits per heavy atom. The van der Waals surface area contributed by atoms with Crippen LogP contribution in [-0.4, -0.2) is 53.9 Å². The zero-order valence-corrected chi connectivity index (χ0v) is 10.7. The normalized spacial score (nSPS) is 29.8. The van der Waals surface area contributed by atoms with E-state index >= 15 is 0 Å². The topological polar surface area (TPSA) is 52.6 Å². The molecule has 2 heterocycles. The van der Waals surface area contributed by atoms with E-state index in [1.165, 1.54) is 0 Å². The fourth-order valence-corrected chi connectivity index (χ4v) is 2.70. The van der Waals surface area contributed by atoms with Crippen molar-refractivity contribution in [2.75, 3.05) is 26.2 Å². The summed E-state index contributed by atoms with van der Waals surface area (Å²) < 4.78 is 37.9. The number of rotatable bonds is 2. The van der Waals surface area contributed by atoms with E-state index in [9.17, 15) is 23.1 Å². The number of hydrogen-bond acceptors (Lipinski definition) is 3. The van der Waals surface area contributed by atoms with E-state index < -0.39 is 24.7 Å². The van der Waals surface area contributed by atoms with Crippen LogP contribution in [0.15, 0.2) is 0 Å². The van der Waals surface area contributed by atoms with E-state index in [-0.39, 0.29) is 24.8 Å². The molecule has 1 unspecified atom stereocenters. The third kappa shape index (κ3) is 3.20. The van der Waals surface area contributed by atoms with E-state index in [1.54, 1.807) is 0 Å². The molecule has 0 saturated carbocycles. The Balaban J connectivity index is 1.88. The first kappa shape index (κ1) is 14.6. The monoisotopic (exact) mass is 280 g/mol. The SMILES string of the molecule is O=C(CC1CCNCC1)N1CCC(O)(C(F)(F)F)C1. The van der Waals surface area contributed by atoms with Crippen LogP contribution in [0.1, 0.15) is 25.7 Å². The van der Waals surface area contributed by atoms with Gasteiger partial charge >= 0.3 is 6.18 Å². The number of piperidine rings is 1. The van der Waals surface area contributed by atoms with Gasteiger partial charge in [-0.15, -0.1) is 0 Å². The Morgan fingerprint density at radius 1 is 1.37 bits per heavy atom. The number of alkyl halides is 3. The lowest BCUT2D eigenvalue weighted by Crippen LogP contribution is -2.48. The maximum atomic E-state index is 12.6. The molecule has 2 rings (SSSR count). The molecule has 2 aliphatic heterocycles. The highest BCUT2D eigenvalue weighted by molar-refractivity contribution is 5.77.